The summed E-state index contributed by atoms with van der Waals surface area (Å²) in [5.74, 6) is 0.484. The van der Waals surface area contributed by atoms with Crippen molar-refractivity contribution in [1.29, 1.82) is 5.26 Å². The topological polar surface area (TPSA) is 100 Å². The first-order chi connectivity index (χ1) is 16.6. The van der Waals surface area contributed by atoms with E-state index in [1.165, 1.54) is 6.08 Å². The molecule has 0 aliphatic rings. The van der Waals surface area contributed by atoms with Crippen LogP contribution in [-0.4, -0.2) is 25.0 Å². The van der Waals surface area contributed by atoms with Crippen molar-refractivity contribution in [2.45, 2.75) is 13.5 Å². The molecule has 0 heterocycles. The lowest BCUT2D eigenvalue weighted by atomic mass is 10.1. The molecule has 0 fully saturated rings. The average Bonchev–Trinajstić information content (AvgIpc) is 2.87. The third-order valence-electron chi connectivity index (χ3n) is 4.67. The monoisotopic (exact) mass is 455 g/mol. The van der Waals surface area contributed by atoms with E-state index in [2.05, 4.69) is 10.6 Å². The highest BCUT2D eigenvalue weighted by Crippen LogP contribution is 2.17. The minimum Gasteiger partial charge on any atom is -0.494 e. The summed E-state index contributed by atoms with van der Waals surface area (Å²) in [5.41, 5.74) is 2.25. The molecule has 0 radical (unpaired) electrons. The van der Waals surface area contributed by atoms with E-state index in [-0.39, 0.29) is 18.1 Å². The van der Waals surface area contributed by atoms with Crippen LogP contribution in [0.15, 0.2) is 84.4 Å². The zero-order chi connectivity index (χ0) is 24.2. The number of hydrogen-bond donors (Lipinski definition) is 2. The molecule has 7 heteroatoms. The lowest BCUT2D eigenvalue weighted by Gasteiger charge is -2.09. The Kier molecular flexibility index (Phi) is 8.83. The SMILES string of the molecule is CCOc1ccc(NC(=O)COc2ccc(/C=C(\C#N)C(=O)NCc3ccccc3)cc2)cc1. The molecule has 0 saturated heterocycles. The van der Waals surface area contributed by atoms with Gasteiger partial charge in [-0.2, -0.15) is 5.26 Å². The molecule has 0 aliphatic heterocycles. The molecule has 3 aromatic rings. The molecule has 0 bridgehead atoms. The van der Waals surface area contributed by atoms with Crippen molar-refractivity contribution >= 4 is 23.6 Å². The van der Waals surface area contributed by atoms with Crippen molar-refractivity contribution in [3.05, 3.63) is 95.6 Å². The van der Waals surface area contributed by atoms with E-state index >= 15 is 0 Å². The van der Waals surface area contributed by atoms with Crippen molar-refractivity contribution in [1.82, 2.24) is 5.32 Å². The summed E-state index contributed by atoms with van der Waals surface area (Å²) >= 11 is 0. The smallest absolute Gasteiger partial charge is 0.262 e. The number of ether oxygens (including phenoxy) is 2. The van der Waals surface area contributed by atoms with Crippen LogP contribution < -0.4 is 20.1 Å². The molecule has 7 nitrogen and oxygen atoms in total. The Morgan fingerprint density at radius 2 is 1.56 bits per heavy atom. The quantitative estimate of drug-likeness (QED) is 0.350. The van der Waals surface area contributed by atoms with Gasteiger partial charge < -0.3 is 20.1 Å². The minimum absolute atomic E-state index is 0.000618. The van der Waals surface area contributed by atoms with Gasteiger partial charge in [0.05, 0.1) is 6.61 Å². The normalized spacial score (nSPS) is 10.6. The highest BCUT2D eigenvalue weighted by molar-refractivity contribution is 6.01. The van der Waals surface area contributed by atoms with Crippen LogP contribution in [0.5, 0.6) is 11.5 Å². The lowest BCUT2D eigenvalue weighted by Crippen LogP contribution is -2.23. The molecule has 3 rings (SSSR count). The summed E-state index contributed by atoms with van der Waals surface area (Å²) < 4.78 is 10.9. The number of anilines is 1. The summed E-state index contributed by atoms with van der Waals surface area (Å²) in [6, 6.07) is 25.2. The zero-order valence-electron chi connectivity index (χ0n) is 18.8. The molecule has 34 heavy (non-hydrogen) atoms. The van der Waals surface area contributed by atoms with Gasteiger partial charge in [-0.3, -0.25) is 9.59 Å². The Balaban J connectivity index is 1.50. The minimum atomic E-state index is -0.447. The predicted molar refractivity (Wildman–Crippen MR) is 130 cm³/mol. The van der Waals surface area contributed by atoms with Crippen molar-refractivity contribution in [2.24, 2.45) is 0 Å². The van der Waals surface area contributed by atoms with Crippen LogP contribution in [0.2, 0.25) is 0 Å². The second-order valence-corrected chi connectivity index (χ2v) is 7.20. The number of amides is 2. The maximum Gasteiger partial charge on any atom is 0.262 e. The molecule has 0 aromatic heterocycles. The number of nitrogens with one attached hydrogen (secondary N) is 2. The van der Waals surface area contributed by atoms with Crippen molar-refractivity contribution in [3.8, 4) is 17.6 Å². The van der Waals surface area contributed by atoms with Crippen LogP contribution in [0.25, 0.3) is 6.08 Å². The first-order valence-corrected chi connectivity index (χ1v) is 10.8. The molecule has 2 amide bonds. The summed E-state index contributed by atoms with van der Waals surface area (Å²) in [6.45, 7) is 2.66. The van der Waals surface area contributed by atoms with Crippen LogP contribution in [0, 0.1) is 11.3 Å². The van der Waals surface area contributed by atoms with Gasteiger partial charge in [0.1, 0.15) is 23.1 Å². The van der Waals surface area contributed by atoms with Gasteiger partial charge in [0, 0.05) is 12.2 Å². The van der Waals surface area contributed by atoms with Gasteiger partial charge in [-0.15, -0.1) is 0 Å². The van der Waals surface area contributed by atoms with E-state index in [1.807, 2.05) is 43.3 Å². The van der Waals surface area contributed by atoms with E-state index < -0.39 is 5.91 Å². The van der Waals surface area contributed by atoms with Gasteiger partial charge >= 0.3 is 0 Å². The molecule has 2 N–H and O–H groups in total. The molecular weight excluding hydrogens is 430 g/mol. The van der Waals surface area contributed by atoms with Crippen LogP contribution >= 0.6 is 0 Å². The Hall–Kier alpha value is -4.57. The summed E-state index contributed by atoms with van der Waals surface area (Å²) in [5, 5.41) is 14.9. The first kappa shape index (κ1) is 24.1. The number of benzene rings is 3. The number of carbonyl (C=O) groups is 2. The van der Waals surface area contributed by atoms with E-state index in [0.29, 0.717) is 30.2 Å². The van der Waals surface area contributed by atoms with Crippen LogP contribution in [0.4, 0.5) is 5.69 Å². The van der Waals surface area contributed by atoms with Crippen molar-refractivity contribution < 1.29 is 19.1 Å². The molecule has 0 unspecified atom stereocenters. The molecule has 0 spiro atoms. The Morgan fingerprint density at radius 3 is 2.21 bits per heavy atom. The molecular formula is C27H25N3O4. The number of rotatable bonds is 10. The molecule has 0 atom stereocenters. The van der Waals surface area contributed by atoms with Crippen molar-refractivity contribution in [2.75, 3.05) is 18.5 Å². The third kappa shape index (κ3) is 7.53. The Morgan fingerprint density at radius 1 is 0.912 bits per heavy atom. The van der Waals surface area contributed by atoms with E-state index in [1.54, 1.807) is 48.5 Å². The van der Waals surface area contributed by atoms with Gasteiger partial charge in [0.25, 0.3) is 11.8 Å². The Bertz CT molecular complexity index is 1170. The van der Waals surface area contributed by atoms with Gasteiger partial charge in [0.15, 0.2) is 6.61 Å². The maximum atomic E-state index is 12.3. The van der Waals surface area contributed by atoms with Gasteiger partial charge in [-0.1, -0.05) is 42.5 Å². The fourth-order valence-corrected chi connectivity index (χ4v) is 3.00. The third-order valence-corrected chi connectivity index (χ3v) is 4.67. The maximum absolute atomic E-state index is 12.3. The lowest BCUT2D eigenvalue weighted by molar-refractivity contribution is -0.118. The highest BCUT2D eigenvalue weighted by atomic mass is 16.5. The number of nitrogens with zero attached hydrogens (tertiary/aromatic N) is 1. The summed E-state index contributed by atoms with van der Waals surface area (Å²) in [4.78, 5) is 24.4. The van der Waals surface area contributed by atoms with Crippen LogP contribution in [-0.2, 0) is 16.1 Å². The molecule has 3 aromatic carbocycles. The zero-order valence-corrected chi connectivity index (χ0v) is 18.8. The van der Waals surface area contributed by atoms with Gasteiger partial charge in [-0.05, 0) is 60.5 Å². The van der Waals surface area contributed by atoms with Crippen LogP contribution in [0.1, 0.15) is 18.1 Å². The number of carbonyl (C=O) groups excluding carboxylic acids is 2. The fourth-order valence-electron chi connectivity index (χ4n) is 3.00. The van der Waals surface area contributed by atoms with Crippen molar-refractivity contribution in [3.63, 3.8) is 0 Å². The second-order valence-electron chi connectivity index (χ2n) is 7.20. The molecule has 172 valence electrons. The average molecular weight is 456 g/mol. The van der Waals surface area contributed by atoms with E-state index in [4.69, 9.17) is 9.47 Å². The van der Waals surface area contributed by atoms with Crippen LogP contribution in [0.3, 0.4) is 0 Å². The van der Waals surface area contributed by atoms with Gasteiger partial charge in [0.2, 0.25) is 0 Å². The molecule has 0 aliphatic carbocycles. The van der Waals surface area contributed by atoms with E-state index in [0.717, 1.165) is 11.3 Å². The number of hydrogen-bond acceptors (Lipinski definition) is 5. The first-order valence-electron chi connectivity index (χ1n) is 10.8. The second kappa shape index (κ2) is 12.5. The number of nitriles is 1. The fraction of sp³-hybridized carbons (Fsp3) is 0.148. The Labute approximate surface area is 198 Å². The summed E-state index contributed by atoms with van der Waals surface area (Å²) in [6.07, 6.45) is 1.50. The summed E-state index contributed by atoms with van der Waals surface area (Å²) in [7, 11) is 0. The standard InChI is InChI=1S/C27H25N3O4/c1-2-33-24-14-10-23(11-15-24)30-26(31)19-34-25-12-8-20(9-13-25)16-22(17-28)27(32)29-18-21-6-4-3-5-7-21/h3-16H,2,18-19H2,1H3,(H,29,32)(H,30,31)/b22-16+. The van der Waals surface area contributed by atoms with E-state index in [9.17, 15) is 14.9 Å². The van der Waals surface area contributed by atoms with Gasteiger partial charge in [-0.25, -0.2) is 0 Å². The predicted octanol–water partition coefficient (Wildman–Crippen LogP) is 4.33. The molecule has 0 saturated carbocycles. The highest BCUT2D eigenvalue weighted by Gasteiger charge is 2.09. The largest absolute Gasteiger partial charge is 0.494 e.